The van der Waals surface area contributed by atoms with E-state index in [1.165, 1.54) is 34.1 Å². The summed E-state index contributed by atoms with van der Waals surface area (Å²) in [6.07, 6.45) is 6.58. The van der Waals surface area contributed by atoms with Gasteiger partial charge in [0.2, 0.25) is 0 Å². The Hall–Kier alpha value is -1.57. The largest absolute Gasteiger partial charge is 0.378 e. The molecule has 0 amide bonds. The second-order valence-electron chi connectivity index (χ2n) is 5.35. The molecule has 2 heteroatoms. The van der Waals surface area contributed by atoms with Crippen LogP contribution in [0.3, 0.4) is 0 Å². The van der Waals surface area contributed by atoms with Crippen LogP contribution in [0.25, 0.3) is 10.8 Å². The lowest BCUT2D eigenvalue weighted by atomic mass is 9.98. The van der Waals surface area contributed by atoms with Crippen molar-refractivity contribution in [2.24, 2.45) is 0 Å². The van der Waals surface area contributed by atoms with Gasteiger partial charge < -0.3 is 4.90 Å². The van der Waals surface area contributed by atoms with Gasteiger partial charge in [-0.15, -0.1) is 0 Å². The van der Waals surface area contributed by atoms with E-state index in [0.717, 1.165) is 19.3 Å². The first-order chi connectivity index (χ1) is 9.17. The molecule has 19 heavy (non-hydrogen) atoms. The van der Waals surface area contributed by atoms with Crippen LogP contribution in [0.1, 0.15) is 37.9 Å². The molecule has 2 nitrogen and oxygen atoms in total. The van der Waals surface area contributed by atoms with E-state index in [4.69, 9.17) is 4.98 Å². The zero-order valence-electron chi connectivity index (χ0n) is 12.5. The van der Waals surface area contributed by atoms with Crippen molar-refractivity contribution in [3.05, 3.63) is 35.7 Å². The molecule has 0 spiro atoms. The Morgan fingerprint density at radius 1 is 1.05 bits per heavy atom. The topological polar surface area (TPSA) is 16.1 Å². The van der Waals surface area contributed by atoms with Crippen LogP contribution in [0.2, 0.25) is 0 Å². The number of aryl methyl sites for hydroxylation is 2. The highest BCUT2D eigenvalue weighted by Crippen LogP contribution is 2.26. The van der Waals surface area contributed by atoms with E-state index in [9.17, 15) is 0 Å². The molecule has 1 heterocycles. The molecule has 0 atom stereocenters. The Labute approximate surface area is 116 Å². The van der Waals surface area contributed by atoms with E-state index in [2.05, 4.69) is 51.0 Å². The van der Waals surface area contributed by atoms with Crippen LogP contribution in [0, 0.1) is 0 Å². The zero-order chi connectivity index (χ0) is 13.8. The number of nitrogens with zero attached hydrogens (tertiary/aromatic N) is 2. The van der Waals surface area contributed by atoms with Gasteiger partial charge in [0.25, 0.3) is 0 Å². The molecule has 1 aromatic carbocycles. The zero-order valence-corrected chi connectivity index (χ0v) is 12.5. The fraction of sp³-hybridized carbons (Fsp3) is 0.471. The number of pyridine rings is 1. The Morgan fingerprint density at radius 3 is 2.42 bits per heavy atom. The van der Waals surface area contributed by atoms with Gasteiger partial charge in [-0.05, 0) is 35.9 Å². The van der Waals surface area contributed by atoms with Gasteiger partial charge in [0.1, 0.15) is 0 Å². The van der Waals surface area contributed by atoms with Gasteiger partial charge in [0.05, 0.1) is 0 Å². The number of aromatic nitrogens is 1. The minimum absolute atomic E-state index is 1.08. The second kappa shape index (κ2) is 6.05. The Bertz CT molecular complexity index is 558. The standard InChI is InChI=1S/C17H24N2/c1-5-7-16-15-10-9-14(19(3)4)11-13(15)12-18-17(16)8-6-2/h9-12H,5-8H2,1-4H3. The van der Waals surface area contributed by atoms with Crippen molar-refractivity contribution in [1.82, 2.24) is 4.98 Å². The summed E-state index contributed by atoms with van der Waals surface area (Å²) in [5.41, 5.74) is 3.97. The molecule has 0 N–H and O–H groups in total. The average Bonchev–Trinajstić information content (AvgIpc) is 2.41. The highest BCUT2D eigenvalue weighted by molar-refractivity contribution is 5.88. The lowest BCUT2D eigenvalue weighted by Crippen LogP contribution is -2.08. The van der Waals surface area contributed by atoms with Crippen LogP contribution >= 0.6 is 0 Å². The fourth-order valence-electron chi connectivity index (χ4n) is 2.57. The van der Waals surface area contributed by atoms with Crippen molar-refractivity contribution >= 4 is 16.5 Å². The number of hydrogen-bond acceptors (Lipinski definition) is 2. The van der Waals surface area contributed by atoms with E-state index in [0.29, 0.717) is 0 Å². The SMILES string of the molecule is CCCc1ncc2cc(N(C)C)ccc2c1CCC. The number of anilines is 1. The highest BCUT2D eigenvalue weighted by atomic mass is 15.1. The summed E-state index contributed by atoms with van der Waals surface area (Å²) in [4.78, 5) is 6.83. The molecule has 0 saturated carbocycles. The maximum Gasteiger partial charge on any atom is 0.0441 e. The minimum Gasteiger partial charge on any atom is -0.378 e. The van der Waals surface area contributed by atoms with Gasteiger partial charge in [-0.3, -0.25) is 4.98 Å². The highest BCUT2D eigenvalue weighted by Gasteiger charge is 2.09. The first kappa shape index (κ1) is 13.9. The normalized spacial score (nSPS) is 10.9. The van der Waals surface area contributed by atoms with Gasteiger partial charge in [-0.2, -0.15) is 0 Å². The molecule has 0 aliphatic rings. The summed E-state index contributed by atoms with van der Waals surface area (Å²) in [5.74, 6) is 0. The number of rotatable bonds is 5. The molecule has 102 valence electrons. The molecular formula is C17H24N2. The van der Waals surface area contributed by atoms with Crippen LogP contribution in [-0.4, -0.2) is 19.1 Å². The molecule has 0 fully saturated rings. The van der Waals surface area contributed by atoms with Crippen LogP contribution in [0.15, 0.2) is 24.4 Å². The van der Waals surface area contributed by atoms with Crippen molar-refractivity contribution in [1.29, 1.82) is 0 Å². The van der Waals surface area contributed by atoms with E-state index < -0.39 is 0 Å². The van der Waals surface area contributed by atoms with Crippen LogP contribution < -0.4 is 4.90 Å². The van der Waals surface area contributed by atoms with E-state index in [1.54, 1.807) is 0 Å². The van der Waals surface area contributed by atoms with Crippen molar-refractivity contribution < 1.29 is 0 Å². The maximum absolute atomic E-state index is 4.70. The van der Waals surface area contributed by atoms with Crippen LogP contribution in [-0.2, 0) is 12.8 Å². The third kappa shape index (κ3) is 2.89. The number of benzene rings is 1. The number of fused-ring (bicyclic) bond motifs is 1. The third-order valence-corrected chi connectivity index (χ3v) is 3.57. The Morgan fingerprint density at radius 2 is 1.79 bits per heavy atom. The molecule has 0 aliphatic heterocycles. The molecular weight excluding hydrogens is 232 g/mol. The van der Waals surface area contributed by atoms with E-state index >= 15 is 0 Å². The molecule has 2 rings (SSSR count). The number of hydrogen-bond donors (Lipinski definition) is 0. The van der Waals surface area contributed by atoms with Crippen LogP contribution in [0.4, 0.5) is 5.69 Å². The summed E-state index contributed by atoms with van der Waals surface area (Å²) in [7, 11) is 4.15. The molecule has 0 radical (unpaired) electrons. The lowest BCUT2D eigenvalue weighted by Gasteiger charge is -2.15. The molecule has 1 aromatic heterocycles. The van der Waals surface area contributed by atoms with Crippen molar-refractivity contribution in [2.45, 2.75) is 39.5 Å². The molecule has 2 aromatic rings. The lowest BCUT2D eigenvalue weighted by molar-refractivity contribution is 0.836. The molecule has 0 aliphatic carbocycles. The predicted octanol–water partition coefficient (Wildman–Crippen LogP) is 4.21. The Balaban J connectivity index is 2.57. The maximum atomic E-state index is 4.70. The van der Waals surface area contributed by atoms with E-state index in [-0.39, 0.29) is 0 Å². The van der Waals surface area contributed by atoms with Crippen LogP contribution in [0.5, 0.6) is 0 Å². The Kier molecular flexibility index (Phi) is 4.41. The quantitative estimate of drug-likeness (QED) is 0.796. The summed E-state index contributed by atoms with van der Waals surface area (Å²) in [6, 6.07) is 6.70. The predicted molar refractivity (Wildman–Crippen MR) is 84.1 cm³/mol. The van der Waals surface area contributed by atoms with Crippen molar-refractivity contribution in [3.63, 3.8) is 0 Å². The summed E-state index contributed by atoms with van der Waals surface area (Å²) in [5, 5.41) is 2.64. The first-order valence-corrected chi connectivity index (χ1v) is 7.25. The first-order valence-electron chi connectivity index (χ1n) is 7.25. The van der Waals surface area contributed by atoms with Gasteiger partial charge in [-0.1, -0.05) is 32.8 Å². The van der Waals surface area contributed by atoms with Crippen molar-refractivity contribution in [3.8, 4) is 0 Å². The third-order valence-electron chi connectivity index (χ3n) is 3.57. The van der Waals surface area contributed by atoms with Gasteiger partial charge in [-0.25, -0.2) is 0 Å². The minimum atomic E-state index is 1.08. The van der Waals surface area contributed by atoms with E-state index in [1.807, 2.05) is 6.20 Å². The molecule has 0 bridgehead atoms. The fourth-order valence-corrected chi connectivity index (χ4v) is 2.57. The monoisotopic (exact) mass is 256 g/mol. The summed E-state index contributed by atoms with van der Waals surface area (Å²) < 4.78 is 0. The molecule has 0 unspecified atom stereocenters. The molecule has 0 saturated heterocycles. The van der Waals surface area contributed by atoms with Gasteiger partial charge in [0, 0.05) is 37.1 Å². The van der Waals surface area contributed by atoms with Crippen molar-refractivity contribution in [2.75, 3.05) is 19.0 Å². The average molecular weight is 256 g/mol. The van der Waals surface area contributed by atoms with Gasteiger partial charge in [0.15, 0.2) is 0 Å². The van der Waals surface area contributed by atoms with Gasteiger partial charge >= 0.3 is 0 Å². The summed E-state index contributed by atoms with van der Waals surface area (Å²) in [6.45, 7) is 4.46. The second-order valence-corrected chi connectivity index (χ2v) is 5.35. The summed E-state index contributed by atoms with van der Waals surface area (Å²) >= 11 is 0. The smallest absolute Gasteiger partial charge is 0.0441 e.